The number of ether oxygens (including phenoxy) is 3. The highest BCUT2D eigenvalue weighted by molar-refractivity contribution is 6.02. The van der Waals surface area contributed by atoms with Crippen LogP contribution >= 0.6 is 0 Å². The SMILES string of the molecule is COc1cc(CN(C)C(=O)CN2C(=O)COc3ccccc32)ccc1OCc1ccccc1. The van der Waals surface area contributed by atoms with E-state index >= 15 is 0 Å². The fourth-order valence-corrected chi connectivity index (χ4v) is 3.61. The molecular weight excluding hydrogens is 420 g/mol. The predicted molar refractivity (Wildman–Crippen MR) is 125 cm³/mol. The van der Waals surface area contributed by atoms with Gasteiger partial charge in [-0.25, -0.2) is 0 Å². The number of benzene rings is 3. The Morgan fingerprint density at radius 1 is 1.00 bits per heavy atom. The maximum absolute atomic E-state index is 12.9. The third-order valence-corrected chi connectivity index (χ3v) is 5.41. The van der Waals surface area contributed by atoms with Crippen molar-refractivity contribution in [3.63, 3.8) is 0 Å². The zero-order valence-corrected chi connectivity index (χ0v) is 18.7. The van der Waals surface area contributed by atoms with Gasteiger partial charge in [0.2, 0.25) is 5.91 Å². The summed E-state index contributed by atoms with van der Waals surface area (Å²) in [4.78, 5) is 28.3. The van der Waals surface area contributed by atoms with Crippen molar-refractivity contribution in [1.82, 2.24) is 4.90 Å². The van der Waals surface area contributed by atoms with Gasteiger partial charge >= 0.3 is 0 Å². The Hall–Kier alpha value is -4.00. The summed E-state index contributed by atoms with van der Waals surface area (Å²) in [6.07, 6.45) is 0. The normalized spacial score (nSPS) is 12.5. The second kappa shape index (κ2) is 10.1. The van der Waals surface area contributed by atoms with Crippen LogP contribution in [0, 0.1) is 0 Å². The number of nitrogens with zero attached hydrogens (tertiary/aromatic N) is 2. The molecule has 1 heterocycles. The number of hydrogen-bond donors (Lipinski definition) is 0. The van der Waals surface area contributed by atoms with E-state index in [0.29, 0.717) is 36.1 Å². The highest BCUT2D eigenvalue weighted by atomic mass is 16.5. The monoisotopic (exact) mass is 446 g/mol. The second-order valence-corrected chi connectivity index (χ2v) is 7.75. The number of anilines is 1. The number of carbonyl (C=O) groups excluding carboxylic acids is 2. The molecule has 0 spiro atoms. The van der Waals surface area contributed by atoms with Crippen LogP contribution in [-0.4, -0.2) is 44.0 Å². The quantitative estimate of drug-likeness (QED) is 0.528. The van der Waals surface area contributed by atoms with Crippen LogP contribution < -0.4 is 19.1 Å². The molecule has 33 heavy (non-hydrogen) atoms. The average molecular weight is 447 g/mol. The minimum Gasteiger partial charge on any atom is -0.493 e. The molecule has 3 aromatic rings. The summed E-state index contributed by atoms with van der Waals surface area (Å²) in [5.74, 6) is 1.42. The van der Waals surface area contributed by atoms with E-state index in [-0.39, 0.29) is 25.0 Å². The zero-order chi connectivity index (χ0) is 23.2. The highest BCUT2D eigenvalue weighted by Crippen LogP contribution is 2.32. The molecule has 0 saturated carbocycles. The summed E-state index contributed by atoms with van der Waals surface area (Å²) < 4.78 is 16.8. The van der Waals surface area contributed by atoms with Gasteiger partial charge in [0.25, 0.3) is 5.91 Å². The van der Waals surface area contributed by atoms with Crippen molar-refractivity contribution in [3.8, 4) is 17.2 Å². The van der Waals surface area contributed by atoms with E-state index in [0.717, 1.165) is 11.1 Å². The number of rotatable bonds is 8. The number of amides is 2. The highest BCUT2D eigenvalue weighted by Gasteiger charge is 2.28. The lowest BCUT2D eigenvalue weighted by molar-refractivity contribution is -0.131. The van der Waals surface area contributed by atoms with Gasteiger partial charge in [-0.3, -0.25) is 14.5 Å². The first-order valence-electron chi connectivity index (χ1n) is 10.6. The van der Waals surface area contributed by atoms with Gasteiger partial charge in [-0.15, -0.1) is 0 Å². The van der Waals surface area contributed by atoms with Gasteiger partial charge in [-0.05, 0) is 35.4 Å². The molecule has 0 radical (unpaired) electrons. The molecule has 3 aromatic carbocycles. The Morgan fingerprint density at radius 3 is 2.55 bits per heavy atom. The summed E-state index contributed by atoms with van der Waals surface area (Å²) in [5.41, 5.74) is 2.56. The molecule has 7 heteroatoms. The number of carbonyl (C=O) groups is 2. The van der Waals surface area contributed by atoms with Crippen molar-refractivity contribution in [3.05, 3.63) is 83.9 Å². The van der Waals surface area contributed by atoms with Crippen molar-refractivity contribution in [2.45, 2.75) is 13.2 Å². The third kappa shape index (κ3) is 5.26. The van der Waals surface area contributed by atoms with Crippen molar-refractivity contribution in [1.29, 1.82) is 0 Å². The van der Waals surface area contributed by atoms with Crippen molar-refractivity contribution in [2.75, 3.05) is 32.2 Å². The second-order valence-electron chi connectivity index (χ2n) is 7.75. The molecule has 0 aliphatic carbocycles. The van der Waals surface area contributed by atoms with Gasteiger partial charge in [0, 0.05) is 13.6 Å². The van der Waals surface area contributed by atoms with Crippen LogP contribution in [0.25, 0.3) is 0 Å². The minimum atomic E-state index is -0.239. The summed E-state index contributed by atoms with van der Waals surface area (Å²) in [5, 5.41) is 0. The van der Waals surface area contributed by atoms with E-state index < -0.39 is 0 Å². The van der Waals surface area contributed by atoms with Crippen LogP contribution in [0.5, 0.6) is 17.2 Å². The first kappa shape index (κ1) is 22.2. The van der Waals surface area contributed by atoms with E-state index in [1.807, 2.05) is 60.7 Å². The maximum atomic E-state index is 12.9. The zero-order valence-electron chi connectivity index (χ0n) is 18.7. The molecule has 0 N–H and O–H groups in total. The molecule has 0 atom stereocenters. The molecule has 1 aliphatic heterocycles. The Morgan fingerprint density at radius 2 is 1.76 bits per heavy atom. The molecule has 1 aliphatic rings. The molecule has 170 valence electrons. The Balaban J connectivity index is 1.40. The summed E-state index contributed by atoms with van der Waals surface area (Å²) in [7, 11) is 3.30. The number of hydrogen-bond acceptors (Lipinski definition) is 5. The fourth-order valence-electron chi connectivity index (χ4n) is 3.61. The minimum absolute atomic E-state index is 0.0505. The molecule has 0 bridgehead atoms. The molecule has 0 fully saturated rings. The lowest BCUT2D eigenvalue weighted by Gasteiger charge is -2.30. The van der Waals surface area contributed by atoms with Crippen LogP contribution in [0.1, 0.15) is 11.1 Å². The van der Waals surface area contributed by atoms with Gasteiger partial charge in [0.1, 0.15) is 18.9 Å². The molecule has 7 nitrogen and oxygen atoms in total. The molecule has 4 rings (SSSR count). The van der Waals surface area contributed by atoms with E-state index in [4.69, 9.17) is 14.2 Å². The molecule has 0 saturated heterocycles. The van der Waals surface area contributed by atoms with Crippen LogP contribution in [0.2, 0.25) is 0 Å². The largest absolute Gasteiger partial charge is 0.493 e. The summed E-state index contributed by atoms with van der Waals surface area (Å²) in [6.45, 7) is 0.680. The van der Waals surface area contributed by atoms with Gasteiger partial charge in [-0.2, -0.15) is 0 Å². The number of likely N-dealkylation sites (N-methyl/N-ethyl adjacent to an activating group) is 1. The van der Waals surface area contributed by atoms with Crippen LogP contribution in [-0.2, 0) is 22.7 Å². The smallest absolute Gasteiger partial charge is 0.265 e. The van der Waals surface area contributed by atoms with Gasteiger partial charge < -0.3 is 19.1 Å². The Kier molecular flexibility index (Phi) is 6.78. The fraction of sp³-hybridized carbons (Fsp3) is 0.231. The molecule has 0 aromatic heterocycles. The lowest BCUT2D eigenvalue weighted by atomic mass is 10.2. The van der Waals surface area contributed by atoms with Crippen molar-refractivity contribution < 1.29 is 23.8 Å². The number of fused-ring (bicyclic) bond motifs is 1. The van der Waals surface area contributed by atoms with Gasteiger partial charge in [-0.1, -0.05) is 48.5 Å². The first-order valence-corrected chi connectivity index (χ1v) is 10.6. The van der Waals surface area contributed by atoms with Gasteiger partial charge in [0.05, 0.1) is 12.8 Å². The topological polar surface area (TPSA) is 68.3 Å². The first-order chi connectivity index (χ1) is 16.0. The number of methoxy groups -OCH3 is 1. The predicted octanol–water partition coefficient (Wildman–Crippen LogP) is 3.66. The standard InChI is InChI=1S/C26H26N2O5/c1-27(25(29)16-28-21-10-6-7-11-22(21)33-18-26(28)30)15-20-12-13-23(24(14-20)31-2)32-17-19-8-4-3-5-9-19/h3-14H,15-18H2,1-2H3. The third-order valence-electron chi connectivity index (χ3n) is 5.41. The lowest BCUT2D eigenvalue weighted by Crippen LogP contribution is -2.45. The molecular formula is C26H26N2O5. The maximum Gasteiger partial charge on any atom is 0.265 e. The van der Waals surface area contributed by atoms with E-state index in [1.165, 1.54) is 4.90 Å². The van der Waals surface area contributed by atoms with Gasteiger partial charge in [0.15, 0.2) is 18.1 Å². The van der Waals surface area contributed by atoms with E-state index in [1.54, 1.807) is 31.2 Å². The molecule has 2 amide bonds. The van der Waals surface area contributed by atoms with Crippen molar-refractivity contribution >= 4 is 17.5 Å². The van der Waals surface area contributed by atoms with Crippen LogP contribution in [0.3, 0.4) is 0 Å². The van der Waals surface area contributed by atoms with E-state index in [2.05, 4.69) is 0 Å². The van der Waals surface area contributed by atoms with E-state index in [9.17, 15) is 9.59 Å². The van der Waals surface area contributed by atoms with Crippen LogP contribution in [0.15, 0.2) is 72.8 Å². The Labute approximate surface area is 193 Å². The summed E-state index contributed by atoms with van der Waals surface area (Å²) in [6, 6.07) is 22.7. The summed E-state index contributed by atoms with van der Waals surface area (Å²) >= 11 is 0. The Bertz CT molecular complexity index is 1130. The number of para-hydroxylation sites is 2. The van der Waals surface area contributed by atoms with Crippen molar-refractivity contribution in [2.24, 2.45) is 0 Å². The van der Waals surface area contributed by atoms with Crippen LogP contribution in [0.4, 0.5) is 5.69 Å². The molecule has 0 unspecified atom stereocenters. The average Bonchev–Trinajstić information content (AvgIpc) is 2.85.